The number of fused-ring (bicyclic) bond motifs is 2. The van der Waals surface area contributed by atoms with Gasteiger partial charge in [0.15, 0.2) is 5.65 Å². The highest BCUT2D eigenvalue weighted by Gasteiger charge is 2.26. The van der Waals surface area contributed by atoms with E-state index in [4.69, 9.17) is 27.1 Å². The third kappa shape index (κ3) is 3.51. The molecule has 4 aromatic rings. The number of halogens is 1. The van der Waals surface area contributed by atoms with Crippen LogP contribution in [0, 0.1) is 0 Å². The van der Waals surface area contributed by atoms with Crippen LogP contribution in [0.1, 0.15) is 36.2 Å². The summed E-state index contributed by atoms with van der Waals surface area (Å²) in [6, 6.07) is 15.0. The van der Waals surface area contributed by atoms with Crippen molar-refractivity contribution in [2.75, 3.05) is 5.73 Å². The second-order valence-corrected chi connectivity index (χ2v) is 7.35. The number of nitrogen functional groups attached to an aromatic ring is 1. The smallest absolute Gasteiger partial charge is 0.344 e. The van der Waals surface area contributed by atoms with Crippen LogP contribution in [0.4, 0.5) is 5.82 Å². The highest BCUT2D eigenvalue weighted by atomic mass is 35.5. The van der Waals surface area contributed by atoms with E-state index in [9.17, 15) is 4.79 Å². The van der Waals surface area contributed by atoms with Crippen LogP contribution in [-0.4, -0.2) is 26.6 Å². The van der Waals surface area contributed by atoms with E-state index in [0.29, 0.717) is 34.7 Å². The Morgan fingerprint density at radius 2 is 1.79 bits per heavy atom. The maximum atomic E-state index is 12.9. The van der Waals surface area contributed by atoms with Crippen molar-refractivity contribution in [3.8, 4) is 0 Å². The van der Waals surface area contributed by atoms with Crippen LogP contribution in [0.25, 0.3) is 22.2 Å². The molecule has 148 valence electrons. The van der Waals surface area contributed by atoms with Crippen molar-refractivity contribution in [1.29, 1.82) is 0 Å². The Labute approximate surface area is 173 Å². The Morgan fingerprint density at radius 1 is 1.14 bits per heavy atom. The second kappa shape index (κ2) is 7.72. The number of carbonyl (C=O) groups is 1. The number of para-hydroxylation sites is 2. The first-order chi connectivity index (χ1) is 14.0. The number of ether oxygens (including phenoxy) is 1. The average Bonchev–Trinajstić information content (AvgIpc) is 2.98. The molecular formula is C22H21ClN4O2. The van der Waals surface area contributed by atoms with Crippen molar-refractivity contribution in [2.24, 2.45) is 0 Å². The molecule has 2 N–H and O–H groups in total. The normalized spacial score (nSPS) is 12.4. The number of aromatic nitrogens is 3. The van der Waals surface area contributed by atoms with E-state index in [1.54, 1.807) is 4.57 Å². The van der Waals surface area contributed by atoms with E-state index in [1.165, 1.54) is 0 Å². The molecule has 0 unspecified atom stereocenters. The maximum absolute atomic E-state index is 12.9. The highest BCUT2D eigenvalue weighted by molar-refractivity contribution is 6.31. The lowest BCUT2D eigenvalue weighted by molar-refractivity contribution is 0.0338. The molecule has 6 nitrogen and oxygen atoms in total. The summed E-state index contributed by atoms with van der Waals surface area (Å²) in [6.45, 7) is 4.17. The fourth-order valence-corrected chi connectivity index (χ4v) is 3.40. The molecule has 0 fully saturated rings. The van der Waals surface area contributed by atoms with Crippen molar-refractivity contribution in [3.63, 3.8) is 0 Å². The minimum atomic E-state index is -0.496. The van der Waals surface area contributed by atoms with Crippen molar-refractivity contribution in [2.45, 2.75) is 32.9 Å². The number of carbonyl (C=O) groups excluding carboxylic acids is 1. The fourth-order valence-electron chi connectivity index (χ4n) is 3.20. The lowest BCUT2D eigenvalue weighted by atomic mass is 10.2. The third-order valence-electron chi connectivity index (χ3n) is 4.97. The molecule has 0 aliphatic heterocycles. The first kappa shape index (κ1) is 19.2. The largest absolute Gasteiger partial charge is 0.459 e. The first-order valence-electron chi connectivity index (χ1n) is 9.48. The molecule has 29 heavy (non-hydrogen) atoms. The molecule has 0 amide bonds. The quantitative estimate of drug-likeness (QED) is 0.478. The van der Waals surface area contributed by atoms with Crippen LogP contribution < -0.4 is 5.73 Å². The summed E-state index contributed by atoms with van der Waals surface area (Å²) in [6.07, 6.45) is 0.482. The first-order valence-corrected chi connectivity index (χ1v) is 9.86. The highest BCUT2D eigenvalue weighted by Crippen LogP contribution is 2.30. The lowest BCUT2D eigenvalue weighted by Gasteiger charge is -2.11. The van der Waals surface area contributed by atoms with E-state index in [2.05, 4.69) is 4.98 Å². The number of hydrogen-bond acceptors (Lipinski definition) is 5. The summed E-state index contributed by atoms with van der Waals surface area (Å²) in [7, 11) is 0. The second-order valence-electron chi connectivity index (χ2n) is 6.95. The van der Waals surface area contributed by atoms with Gasteiger partial charge in [-0.25, -0.2) is 14.8 Å². The molecule has 0 spiro atoms. The fraction of sp³-hybridized carbons (Fsp3) is 0.227. The standard InChI is InChI=1S/C22H21ClN4O2/c1-3-13(2)29-22(28)18-19-21(26-17-11-7-6-10-16(17)25-19)27(20(18)24)12-14-8-4-5-9-15(14)23/h4-11,13H,3,12,24H2,1-2H3/t13-/m0/s1. The van der Waals surface area contributed by atoms with Crippen molar-refractivity contribution in [3.05, 3.63) is 64.7 Å². The Morgan fingerprint density at radius 3 is 2.48 bits per heavy atom. The van der Waals surface area contributed by atoms with Gasteiger partial charge in [-0.2, -0.15) is 0 Å². The molecule has 0 radical (unpaired) electrons. The van der Waals surface area contributed by atoms with Crippen molar-refractivity contribution in [1.82, 2.24) is 14.5 Å². The van der Waals surface area contributed by atoms with Crippen molar-refractivity contribution >= 4 is 45.6 Å². The Hall–Kier alpha value is -3.12. The topological polar surface area (TPSA) is 83.0 Å². The van der Waals surface area contributed by atoms with Crippen molar-refractivity contribution < 1.29 is 9.53 Å². The van der Waals surface area contributed by atoms with Gasteiger partial charge in [-0.1, -0.05) is 48.9 Å². The van der Waals surface area contributed by atoms with Gasteiger partial charge in [0.1, 0.15) is 16.9 Å². The molecule has 2 heterocycles. The van der Waals surface area contributed by atoms with Gasteiger partial charge in [0.2, 0.25) is 0 Å². The molecule has 4 rings (SSSR count). The Balaban J connectivity index is 1.94. The molecule has 0 saturated heterocycles. The van der Waals surface area contributed by atoms with Gasteiger partial charge in [-0.3, -0.25) is 0 Å². The van der Waals surface area contributed by atoms with Gasteiger partial charge in [0, 0.05) is 5.02 Å². The number of esters is 1. The average molecular weight is 409 g/mol. The van der Waals surface area contributed by atoms with Gasteiger partial charge in [-0.15, -0.1) is 0 Å². The predicted molar refractivity (Wildman–Crippen MR) is 115 cm³/mol. The van der Waals surface area contributed by atoms with Gasteiger partial charge in [0.05, 0.1) is 23.7 Å². The van der Waals surface area contributed by atoms with Crippen LogP contribution in [0.5, 0.6) is 0 Å². The van der Waals surface area contributed by atoms with Crippen LogP contribution in [0.15, 0.2) is 48.5 Å². The minimum Gasteiger partial charge on any atom is -0.459 e. The molecule has 7 heteroatoms. The van der Waals surface area contributed by atoms with Gasteiger partial charge in [-0.05, 0) is 37.1 Å². The van der Waals surface area contributed by atoms with E-state index in [-0.39, 0.29) is 17.5 Å². The van der Waals surface area contributed by atoms with Gasteiger partial charge >= 0.3 is 5.97 Å². The molecule has 0 aliphatic carbocycles. The molecule has 0 bridgehead atoms. The molecule has 0 aliphatic rings. The zero-order valence-corrected chi connectivity index (χ0v) is 17.0. The number of nitrogens with zero attached hydrogens (tertiary/aromatic N) is 3. The Bertz CT molecular complexity index is 1220. The molecule has 2 aromatic heterocycles. The maximum Gasteiger partial charge on any atom is 0.344 e. The molecular weight excluding hydrogens is 388 g/mol. The number of anilines is 1. The van der Waals surface area contributed by atoms with Crippen LogP contribution in [0.2, 0.25) is 5.02 Å². The monoisotopic (exact) mass is 408 g/mol. The zero-order valence-electron chi connectivity index (χ0n) is 16.2. The number of rotatable bonds is 5. The van der Waals surface area contributed by atoms with Gasteiger partial charge < -0.3 is 15.0 Å². The Kier molecular flexibility index (Phi) is 5.11. The van der Waals surface area contributed by atoms with Crippen LogP contribution >= 0.6 is 11.6 Å². The lowest BCUT2D eigenvalue weighted by Crippen LogP contribution is -2.16. The van der Waals surface area contributed by atoms with E-state index in [0.717, 1.165) is 11.1 Å². The summed E-state index contributed by atoms with van der Waals surface area (Å²) in [5.41, 5.74) is 9.91. The molecule has 2 aromatic carbocycles. The van der Waals surface area contributed by atoms with Crippen LogP contribution in [0.3, 0.4) is 0 Å². The SMILES string of the molecule is CC[C@H](C)OC(=O)c1c(N)n(Cc2ccccc2Cl)c2nc3ccccc3nc12. The predicted octanol–water partition coefficient (Wildman–Crippen LogP) is 4.82. The summed E-state index contributed by atoms with van der Waals surface area (Å²) >= 11 is 6.35. The van der Waals surface area contributed by atoms with Crippen LogP contribution in [-0.2, 0) is 11.3 Å². The molecule has 0 saturated carbocycles. The third-order valence-corrected chi connectivity index (χ3v) is 5.33. The summed E-state index contributed by atoms with van der Waals surface area (Å²) in [5, 5.41) is 0.617. The number of benzene rings is 2. The summed E-state index contributed by atoms with van der Waals surface area (Å²) < 4.78 is 7.31. The number of nitrogens with two attached hydrogens (primary N) is 1. The minimum absolute atomic E-state index is 0.225. The zero-order chi connectivity index (χ0) is 20.5. The summed E-state index contributed by atoms with van der Waals surface area (Å²) in [5.74, 6) is -0.229. The van der Waals surface area contributed by atoms with Gasteiger partial charge in [0.25, 0.3) is 0 Å². The number of hydrogen-bond donors (Lipinski definition) is 1. The van der Waals surface area contributed by atoms with E-state index in [1.807, 2.05) is 62.4 Å². The van der Waals surface area contributed by atoms with E-state index >= 15 is 0 Å². The summed E-state index contributed by atoms with van der Waals surface area (Å²) in [4.78, 5) is 22.3. The molecule has 1 atom stereocenters. The van der Waals surface area contributed by atoms with E-state index < -0.39 is 5.97 Å².